The van der Waals surface area contributed by atoms with Crippen LogP contribution in [0.3, 0.4) is 0 Å². The minimum atomic E-state index is -0.205. The summed E-state index contributed by atoms with van der Waals surface area (Å²) in [7, 11) is 1.73. The lowest BCUT2D eigenvalue weighted by molar-refractivity contribution is 0.178. The number of anilines is 1. The van der Waals surface area contributed by atoms with Gasteiger partial charge in [-0.2, -0.15) is 15.4 Å². The summed E-state index contributed by atoms with van der Waals surface area (Å²) in [5.41, 5.74) is 2.06. The molecule has 1 aliphatic rings. The van der Waals surface area contributed by atoms with Gasteiger partial charge in [-0.3, -0.25) is 0 Å². The van der Waals surface area contributed by atoms with Gasteiger partial charge < -0.3 is 20.3 Å². The Morgan fingerprint density at radius 1 is 1.46 bits per heavy atom. The van der Waals surface area contributed by atoms with Crippen LogP contribution in [0.5, 0.6) is 0 Å². The number of para-hydroxylation sites is 1. The zero-order chi connectivity index (χ0) is 16.8. The van der Waals surface area contributed by atoms with Crippen LogP contribution in [0, 0.1) is 5.92 Å². The van der Waals surface area contributed by atoms with E-state index in [1.807, 2.05) is 18.2 Å². The lowest BCUT2D eigenvalue weighted by Gasteiger charge is -2.16. The lowest BCUT2D eigenvalue weighted by Crippen LogP contribution is -2.34. The van der Waals surface area contributed by atoms with Crippen molar-refractivity contribution < 1.29 is 9.53 Å². The molecule has 8 heteroatoms. The van der Waals surface area contributed by atoms with Crippen LogP contribution in [0.15, 0.2) is 18.2 Å². The van der Waals surface area contributed by atoms with Crippen LogP contribution in [0.1, 0.15) is 12.8 Å². The van der Waals surface area contributed by atoms with E-state index in [4.69, 9.17) is 4.74 Å². The van der Waals surface area contributed by atoms with Gasteiger partial charge in [-0.05, 0) is 37.4 Å². The standard InChI is InChI=1S/C16H24N6O2/c1-24-9-3-7-22-8-6-12(11-22)10-17-16(23)18-13-4-2-5-14-15(13)20-21-19-14/h2,4-5,12H,3,6-11H2,1H3,(H2,17,18,23)(H,19,20,21)/t12-/m0/s1. The van der Waals surface area contributed by atoms with Crippen molar-refractivity contribution in [2.75, 3.05) is 45.2 Å². The third-order valence-corrected chi connectivity index (χ3v) is 4.34. The molecule has 3 N–H and O–H groups in total. The first-order chi connectivity index (χ1) is 11.8. The smallest absolute Gasteiger partial charge is 0.319 e. The molecule has 0 radical (unpaired) electrons. The molecule has 1 atom stereocenters. The fraction of sp³-hybridized carbons (Fsp3) is 0.562. The van der Waals surface area contributed by atoms with Gasteiger partial charge in [0.2, 0.25) is 0 Å². The number of fused-ring (bicyclic) bond motifs is 1. The number of hydrogen-bond acceptors (Lipinski definition) is 5. The van der Waals surface area contributed by atoms with E-state index in [0.717, 1.165) is 44.6 Å². The van der Waals surface area contributed by atoms with Gasteiger partial charge in [0.15, 0.2) is 0 Å². The summed E-state index contributed by atoms with van der Waals surface area (Å²) in [6.45, 7) is 4.67. The summed E-state index contributed by atoms with van der Waals surface area (Å²) in [4.78, 5) is 14.5. The molecule has 1 fully saturated rings. The Balaban J connectivity index is 1.42. The fourth-order valence-corrected chi connectivity index (χ4v) is 3.09. The van der Waals surface area contributed by atoms with Crippen molar-refractivity contribution in [3.63, 3.8) is 0 Å². The van der Waals surface area contributed by atoms with Crippen molar-refractivity contribution in [2.45, 2.75) is 12.8 Å². The molecule has 0 unspecified atom stereocenters. The number of amides is 2. The molecule has 2 amide bonds. The third-order valence-electron chi connectivity index (χ3n) is 4.34. The summed E-state index contributed by atoms with van der Waals surface area (Å²) in [5, 5.41) is 16.4. The maximum Gasteiger partial charge on any atom is 0.319 e. The van der Waals surface area contributed by atoms with Gasteiger partial charge in [-0.1, -0.05) is 6.07 Å². The number of aromatic amines is 1. The molecule has 130 valence electrons. The highest BCUT2D eigenvalue weighted by Crippen LogP contribution is 2.19. The first-order valence-corrected chi connectivity index (χ1v) is 8.32. The molecule has 0 saturated carbocycles. The minimum Gasteiger partial charge on any atom is -0.385 e. The van der Waals surface area contributed by atoms with Crippen molar-refractivity contribution in [3.8, 4) is 0 Å². The molecule has 8 nitrogen and oxygen atoms in total. The molecule has 0 spiro atoms. The summed E-state index contributed by atoms with van der Waals surface area (Å²) >= 11 is 0. The Hall–Kier alpha value is -2.19. The number of nitrogens with zero attached hydrogens (tertiary/aromatic N) is 3. The second-order valence-electron chi connectivity index (χ2n) is 6.13. The van der Waals surface area contributed by atoms with E-state index >= 15 is 0 Å². The molecule has 2 heterocycles. The van der Waals surface area contributed by atoms with Crippen molar-refractivity contribution >= 4 is 22.8 Å². The number of carbonyl (C=O) groups is 1. The Morgan fingerprint density at radius 2 is 2.38 bits per heavy atom. The van der Waals surface area contributed by atoms with Crippen molar-refractivity contribution in [2.24, 2.45) is 5.92 Å². The van der Waals surface area contributed by atoms with Gasteiger partial charge in [0.05, 0.1) is 5.69 Å². The molecule has 24 heavy (non-hydrogen) atoms. The molecule has 1 saturated heterocycles. The number of aromatic nitrogens is 3. The van der Waals surface area contributed by atoms with E-state index in [1.54, 1.807) is 7.11 Å². The Kier molecular flexibility index (Phi) is 5.60. The largest absolute Gasteiger partial charge is 0.385 e. The van der Waals surface area contributed by atoms with E-state index in [9.17, 15) is 4.79 Å². The number of hydrogen-bond donors (Lipinski definition) is 3. The van der Waals surface area contributed by atoms with Crippen LogP contribution in [0.25, 0.3) is 11.0 Å². The number of benzene rings is 1. The van der Waals surface area contributed by atoms with Gasteiger partial charge in [-0.15, -0.1) is 0 Å². The minimum absolute atomic E-state index is 0.205. The third kappa shape index (κ3) is 4.21. The Labute approximate surface area is 140 Å². The zero-order valence-corrected chi connectivity index (χ0v) is 13.9. The number of carbonyl (C=O) groups excluding carboxylic acids is 1. The molecular formula is C16H24N6O2. The number of ether oxygens (including phenoxy) is 1. The Morgan fingerprint density at radius 3 is 3.25 bits per heavy atom. The molecule has 2 aromatic rings. The molecule has 1 aromatic carbocycles. The Bertz CT molecular complexity index is 673. The van der Waals surface area contributed by atoms with Crippen LogP contribution < -0.4 is 10.6 Å². The van der Waals surface area contributed by atoms with Gasteiger partial charge in [0, 0.05) is 33.4 Å². The summed E-state index contributed by atoms with van der Waals surface area (Å²) in [6.07, 6.45) is 2.17. The summed E-state index contributed by atoms with van der Waals surface area (Å²) < 4.78 is 5.08. The van der Waals surface area contributed by atoms with Gasteiger partial charge in [-0.25, -0.2) is 4.79 Å². The number of urea groups is 1. The lowest BCUT2D eigenvalue weighted by atomic mass is 10.1. The molecular weight excluding hydrogens is 308 g/mol. The van der Waals surface area contributed by atoms with Crippen LogP contribution in [-0.2, 0) is 4.74 Å². The average Bonchev–Trinajstić information content (AvgIpc) is 3.23. The van der Waals surface area contributed by atoms with Crippen LogP contribution in [0.4, 0.5) is 10.5 Å². The first-order valence-electron chi connectivity index (χ1n) is 8.32. The molecule has 0 bridgehead atoms. The first kappa shape index (κ1) is 16.7. The fourth-order valence-electron chi connectivity index (χ4n) is 3.09. The van der Waals surface area contributed by atoms with Crippen molar-refractivity contribution in [1.29, 1.82) is 0 Å². The van der Waals surface area contributed by atoms with Gasteiger partial charge >= 0.3 is 6.03 Å². The van der Waals surface area contributed by atoms with E-state index in [0.29, 0.717) is 23.7 Å². The predicted octanol–water partition coefficient (Wildman–Crippen LogP) is 1.44. The highest BCUT2D eigenvalue weighted by Gasteiger charge is 2.22. The maximum absolute atomic E-state index is 12.1. The number of likely N-dealkylation sites (tertiary alicyclic amines) is 1. The predicted molar refractivity (Wildman–Crippen MR) is 92.0 cm³/mol. The van der Waals surface area contributed by atoms with Crippen LogP contribution in [0.2, 0.25) is 0 Å². The summed E-state index contributed by atoms with van der Waals surface area (Å²) in [5.74, 6) is 0.501. The van der Waals surface area contributed by atoms with Crippen molar-refractivity contribution in [3.05, 3.63) is 18.2 Å². The zero-order valence-electron chi connectivity index (χ0n) is 13.9. The highest BCUT2D eigenvalue weighted by molar-refractivity contribution is 5.98. The summed E-state index contributed by atoms with van der Waals surface area (Å²) in [6, 6.07) is 5.30. The molecule has 0 aliphatic carbocycles. The maximum atomic E-state index is 12.1. The average molecular weight is 332 g/mol. The quantitative estimate of drug-likeness (QED) is 0.667. The topological polar surface area (TPSA) is 95.2 Å². The van der Waals surface area contributed by atoms with Crippen LogP contribution in [-0.4, -0.2) is 66.2 Å². The SMILES string of the molecule is COCCCN1CC[C@@H](CNC(=O)Nc2cccc3n[nH]nc23)C1. The van der Waals surface area contributed by atoms with E-state index in [2.05, 4.69) is 30.9 Å². The second-order valence-corrected chi connectivity index (χ2v) is 6.13. The van der Waals surface area contributed by atoms with Gasteiger partial charge in [0.1, 0.15) is 11.0 Å². The normalized spacial score (nSPS) is 18.1. The molecule has 3 rings (SSSR count). The van der Waals surface area contributed by atoms with E-state index in [-0.39, 0.29) is 6.03 Å². The van der Waals surface area contributed by atoms with E-state index < -0.39 is 0 Å². The number of methoxy groups -OCH3 is 1. The number of H-pyrrole nitrogens is 1. The van der Waals surface area contributed by atoms with Crippen molar-refractivity contribution in [1.82, 2.24) is 25.6 Å². The van der Waals surface area contributed by atoms with E-state index in [1.165, 1.54) is 0 Å². The second kappa shape index (κ2) is 8.07. The molecule has 1 aliphatic heterocycles. The molecule has 1 aromatic heterocycles. The monoisotopic (exact) mass is 332 g/mol. The van der Waals surface area contributed by atoms with Crippen LogP contribution >= 0.6 is 0 Å². The highest BCUT2D eigenvalue weighted by atomic mass is 16.5. The number of rotatable bonds is 7. The van der Waals surface area contributed by atoms with Gasteiger partial charge in [0.25, 0.3) is 0 Å². The number of nitrogens with one attached hydrogen (secondary N) is 3.